The van der Waals surface area contributed by atoms with E-state index in [2.05, 4.69) is 55.3 Å². The van der Waals surface area contributed by atoms with Crippen molar-refractivity contribution in [3.8, 4) is 0 Å². The van der Waals surface area contributed by atoms with Crippen LogP contribution in [0.4, 0.5) is 5.82 Å². The Morgan fingerprint density at radius 1 is 1.05 bits per heavy atom. The van der Waals surface area contributed by atoms with Gasteiger partial charge in [-0.25, -0.2) is 4.98 Å². The number of hydrogen-bond donors (Lipinski definition) is 1. The number of para-hydroxylation sites is 1. The Kier molecular flexibility index (Phi) is 6.00. The van der Waals surface area contributed by atoms with E-state index in [4.69, 9.17) is 4.98 Å². The molecule has 3 heteroatoms. The molecule has 0 aliphatic rings. The highest BCUT2D eigenvalue weighted by molar-refractivity contribution is 5.81. The van der Waals surface area contributed by atoms with Gasteiger partial charge in [0.05, 0.1) is 5.52 Å². The third-order valence-corrected chi connectivity index (χ3v) is 3.62. The summed E-state index contributed by atoms with van der Waals surface area (Å²) in [6.45, 7) is 10.8. The van der Waals surface area contributed by atoms with E-state index in [-0.39, 0.29) is 0 Å². The van der Waals surface area contributed by atoms with Crippen LogP contribution in [0.1, 0.15) is 39.2 Å². The first kappa shape index (κ1) is 15.8. The molecular weight excluding hydrogens is 258 g/mol. The molecule has 0 atom stereocenters. The van der Waals surface area contributed by atoms with Crippen LogP contribution < -0.4 is 5.32 Å². The topological polar surface area (TPSA) is 28.2 Å². The van der Waals surface area contributed by atoms with Crippen molar-refractivity contribution >= 4 is 16.7 Å². The van der Waals surface area contributed by atoms with Gasteiger partial charge in [-0.05, 0) is 45.0 Å². The summed E-state index contributed by atoms with van der Waals surface area (Å²) in [5.74, 6) is 1.04. The summed E-state index contributed by atoms with van der Waals surface area (Å²) in [5.41, 5.74) is 2.37. The van der Waals surface area contributed by atoms with Gasteiger partial charge in [-0.2, -0.15) is 0 Å². The lowest BCUT2D eigenvalue weighted by molar-refractivity contribution is 0.267. The van der Waals surface area contributed by atoms with Gasteiger partial charge in [0.1, 0.15) is 5.82 Å². The van der Waals surface area contributed by atoms with Gasteiger partial charge < -0.3 is 5.32 Å². The largest absolute Gasteiger partial charge is 0.370 e. The molecule has 2 rings (SSSR count). The lowest BCUT2D eigenvalue weighted by Gasteiger charge is -2.22. The SMILES string of the molecule is CCCN(CCC)Cc1cc2ccccc2nc1NCC. The van der Waals surface area contributed by atoms with E-state index in [0.717, 1.165) is 37.5 Å². The standard InChI is InChI=1S/C18H27N3/c1-4-11-21(12-5-2)14-16-13-15-9-7-8-10-17(15)20-18(16)19-6-3/h7-10,13H,4-6,11-12,14H2,1-3H3,(H,19,20). The van der Waals surface area contributed by atoms with Crippen LogP contribution in [0.5, 0.6) is 0 Å². The monoisotopic (exact) mass is 285 g/mol. The van der Waals surface area contributed by atoms with Gasteiger partial charge in [0, 0.05) is 24.0 Å². The quantitative estimate of drug-likeness (QED) is 0.784. The second kappa shape index (κ2) is 7.99. The molecule has 0 fully saturated rings. The van der Waals surface area contributed by atoms with Crippen molar-refractivity contribution in [2.75, 3.05) is 25.0 Å². The molecule has 0 saturated heterocycles. The maximum absolute atomic E-state index is 4.80. The highest BCUT2D eigenvalue weighted by atomic mass is 15.1. The van der Waals surface area contributed by atoms with Crippen LogP contribution in [0.3, 0.4) is 0 Å². The van der Waals surface area contributed by atoms with Crippen molar-refractivity contribution in [3.63, 3.8) is 0 Å². The number of nitrogens with one attached hydrogen (secondary N) is 1. The Morgan fingerprint density at radius 3 is 2.43 bits per heavy atom. The summed E-state index contributed by atoms with van der Waals surface area (Å²) >= 11 is 0. The Balaban J connectivity index is 2.32. The van der Waals surface area contributed by atoms with Crippen molar-refractivity contribution in [1.82, 2.24) is 9.88 Å². The third-order valence-electron chi connectivity index (χ3n) is 3.62. The van der Waals surface area contributed by atoms with Gasteiger partial charge in [0.2, 0.25) is 0 Å². The highest BCUT2D eigenvalue weighted by Crippen LogP contribution is 2.22. The fourth-order valence-electron chi connectivity index (χ4n) is 2.74. The zero-order chi connectivity index (χ0) is 15.1. The minimum absolute atomic E-state index is 0.903. The number of nitrogens with zero attached hydrogens (tertiary/aromatic N) is 2. The molecule has 0 spiro atoms. The zero-order valence-electron chi connectivity index (χ0n) is 13.5. The molecule has 2 aromatic rings. The van der Waals surface area contributed by atoms with E-state index in [9.17, 15) is 0 Å². The van der Waals surface area contributed by atoms with Gasteiger partial charge >= 0.3 is 0 Å². The number of pyridine rings is 1. The van der Waals surface area contributed by atoms with Crippen LogP contribution in [-0.2, 0) is 6.54 Å². The lowest BCUT2D eigenvalue weighted by atomic mass is 10.1. The Labute approximate surface area is 128 Å². The maximum atomic E-state index is 4.80. The number of rotatable bonds is 8. The van der Waals surface area contributed by atoms with Gasteiger partial charge in [-0.3, -0.25) is 4.90 Å². The Morgan fingerprint density at radius 2 is 1.76 bits per heavy atom. The van der Waals surface area contributed by atoms with Crippen LogP contribution >= 0.6 is 0 Å². The Bertz CT molecular complexity index is 559. The fourth-order valence-corrected chi connectivity index (χ4v) is 2.74. The lowest BCUT2D eigenvalue weighted by Crippen LogP contribution is -2.25. The summed E-state index contributed by atoms with van der Waals surface area (Å²) in [6.07, 6.45) is 2.38. The molecule has 0 bridgehead atoms. The molecule has 21 heavy (non-hydrogen) atoms. The van der Waals surface area contributed by atoms with E-state index in [1.807, 2.05) is 6.07 Å². The van der Waals surface area contributed by atoms with E-state index >= 15 is 0 Å². The number of hydrogen-bond acceptors (Lipinski definition) is 3. The molecule has 1 heterocycles. The van der Waals surface area contributed by atoms with E-state index < -0.39 is 0 Å². The molecule has 0 aliphatic heterocycles. The fraction of sp³-hybridized carbons (Fsp3) is 0.500. The molecule has 0 amide bonds. The molecule has 1 aromatic carbocycles. The highest BCUT2D eigenvalue weighted by Gasteiger charge is 2.10. The van der Waals surface area contributed by atoms with Crippen molar-refractivity contribution in [2.24, 2.45) is 0 Å². The van der Waals surface area contributed by atoms with E-state index in [1.54, 1.807) is 0 Å². The predicted molar refractivity (Wildman–Crippen MR) is 91.8 cm³/mol. The second-order valence-electron chi connectivity index (χ2n) is 5.50. The maximum Gasteiger partial charge on any atom is 0.131 e. The summed E-state index contributed by atoms with van der Waals surface area (Å²) in [4.78, 5) is 7.32. The van der Waals surface area contributed by atoms with Crippen LogP contribution in [-0.4, -0.2) is 29.5 Å². The number of fused-ring (bicyclic) bond motifs is 1. The molecule has 1 aromatic heterocycles. The summed E-state index contributed by atoms with van der Waals surface area (Å²) in [6, 6.07) is 10.6. The molecule has 3 nitrogen and oxygen atoms in total. The van der Waals surface area contributed by atoms with Crippen molar-refractivity contribution in [1.29, 1.82) is 0 Å². The minimum Gasteiger partial charge on any atom is -0.370 e. The summed E-state index contributed by atoms with van der Waals surface area (Å²) in [5, 5.41) is 4.64. The summed E-state index contributed by atoms with van der Waals surface area (Å²) < 4.78 is 0. The normalized spacial score (nSPS) is 11.2. The number of aromatic nitrogens is 1. The number of benzene rings is 1. The van der Waals surface area contributed by atoms with Crippen LogP contribution in [0.2, 0.25) is 0 Å². The molecule has 114 valence electrons. The average molecular weight is 285 g/mol. The first-order valence-electron chi connectivity index (χ1n) is 8.13. The van der Waals surface area contributed by atoms with Crippen molar-refractivity contribution in [3.05, 3.63) is 35.9 Å². The van der Waals surface area contributed by atoms with E-state index in [0.29, 0.717) is 0 Å². The van der Waals surface area contributed by atoms with E-state index in [1.165, 1.54) is 23.8 Å². The van der Waals surface area contributed by atoms with Crippen LogP contribution in [0.15, 0.2) is 30.3 Å². The zero-order valence-corrected chi connectivity index (χ0v) is 13.5. The van der Waals surface area contributed by atoms with Gasteiger partial charge in [0.25, 0.3) is 0 Å². The Hall–Kier alpha value is -1.61. The van der Waals surface area contributed by atoms with Crippen molar-refractivity contribution < 1.29 is 0 Å². The van der Waals surface area contributed by atoms with Crippen LogP contribution in [0.25, 0.3) is 10.9 Å². The van der Waals surface area contributed by atoms with Gasteiger partial charge in [-0.15, -0.1) is 0 Å². The number of anilines is 1. The predicted octanol–water partition coefficient (Wildman–Crippen LogP) is 4.29. The smallest absolute Gasteiger partial charge is 0.131 e. The molecular formula is C18H27N3. The summed E-state index contributed by atoms with van der Waals surface area (Å²) in [7, 11) is 0. The van der Waals surface area contributed by atoms with Gasteiger partial charge in [-0.1, -0.05) is 32.0 Å². The second-order valence-corrected chi connectivity index (χ2v) is 5.50. The van der Waals surface area contributed by atoms with Crippen LogP contribution in [0, 0.1) is 0 Å². The first-order valence-corrected chi connectivity index (χ1v) is 8.13. The average Bonchev–Trinajstić information content (AvgIpc) is 2.48. The molecule has 0 unspecified atom stereocenters. The third kappa shape index (κ3) is 4.18. The molecule has 0 aliphatic carbocycles. The molecule has 1 N–H and O–H groups in total. The molecule has 0 radical (unpaired) electrons. The van der Waals surface area contributed by atoms with Crippen molar-refractivity contribution in [2.45, 2.75) is 40.2 Å². The minimum atomic E-state index is 0.903. The van der Waals surface area contributed by atoms with Gasteiger partial charge in [0.15, 0.2) is 0 Å². The molecule has 0 saturated carbocycles. The first-order chi connectivity index (χ1) is 10.3.